The van der Waals surface area contributed by atoms with Crippen molar-refractivity contribution in [2.24, 2.45) is 0 Å². The molecule has 0 aliphatic rings. The van der Waals surface area contributed by atoms with Gasteiger partial charge in [0.1, 0.15) is 0 Å². The van der Waals surface area contributed by atoms with Crippen molar-refractivity contribution in [3.8, 4) is 0 Å². The molecule has 0 unspecified atom stereocenters. The van der Waals surface area contributed by atoms with Crippen LogP contribution < -0.4 is 0 Å². The summed E-state index contributed by atoms with van der Waals surface area (Å²) in [5, 5.41) is -0.329. The van der Waals surface area contributed by atoms with Crippen molar-refractivity contribution in [1.82, 2.24) is 0 Å². The smallest absolute Gasteiger partial charge is 0.226 e. The predicted octanol–water partition coefficient (Wildman–Crippen LogP) is 2.78. The van der Waals surface area contributed by atoms with Gasteiger partial charge in [0.05, 0.1) is 0 Å². The molecule has 0 bridgehead atoms. The van der Waals surface area contributed by atoms with Crippen LogP contribution in [0.4, 0.5) is 0 Å². The Hall–Kier alpha value is -0.530. The number of hydrogen-bond acceptors (Lipinski definition) is 1. The highest BCUT2D eigenvalue weighted by atomic mass is 35.5. The van der Waals surface area contributed by atoms with E-state index < -0.39 is 0 Å². The van der Waals surface area contributed by atoms with E-state index >= 15 is 0 Å². The third-order valence-corrected chi connectivity index (χ3v) is 2.07. The molecule has 0 amide bonds. The first kappa shape index (κ1) is 10.6. The van der Waals surface area contributed by atoms with Crippen LogP contribution in [0.25, 0.3) is 0 Å². The van der Waals surface area contributed by atoms with Gasteiger partial charge < -0.3 is 0 Å². The van der Waals surface area contributed by atoms with E-state index in [-0.39, 0.29) is 5.24 Å². The van der Waals surface area contributed by atoms with Crippen LogP contribution in [0.3, 0.4) is 0 Å². The van der Waals surface area contributed by atoms with Gasteiger partial charge in [0.15, 0.2) is 0 Å². The first-order valence-electron chi connectivity index (χ1n) is 4.04. The van der Waals surface area contributed by atoms with Crippen molar-refractivity contribution >= 4 is 28.4 Å². The maximum atomic E-state index is 10.6. The highest BCUT2D eigenvalue weighted by Gasteiger charge is 1.99. The van der Waals surface area contributed by atoms with Gasteiger partial charge >= 0.3 is 0 Å². The quantitative estimate of drug-likeness (QED) is 0.559. The fraction of sp³-hybridized carbons (Fsp3) is 0.300. The summed E-state index contributed by atoms with van der Waals surface area (Å²) in [4.78, 5) is 10.6. The lowest BCUT2D eigenvalue weighted by Gasteiger charge is -1.99. The Morgan fingerprint density at radius 3 is 2.15 bits per heavy atom. The lowest BCUT2D eigenvalue weighted by atomic mass is 10.1. The lowest BCUT2D eigenvalue weighted by Crippen LogP contribution is -1.94. The minimum absolute atomic E-state index is 0.294. The summed E-state index contributed by atoms with van der Waals surface area (Å²) in [6, 6.07) is 7.75. The van der Waals surface area contributed by atoms with Gasteiger partial charge in [-0.3, -0.25) is 4.79 Å². The summed E-state index contributed by atoms with van der Waals surface area (Å²) in [7, 11) is 0. The molecule has 1 aromatic carbocycles. The molecule has 0 fully saturated rings. The van der Waals surface area contributed by atoms with E-state index in [1.54, 1.807) is 0 Å². The van der Waals surface area contributed by atoms with E-state index in [9.17, 15) is 4.79 Å². The molecule has 0 aromatic heterocycles. The number of alkyl halides is 1. The molecule has 1 nitrogen and oxygen atoms in total. The van der Waals surface area contributed by atoms with Crippen LogP contribution in [-0.2, 0) is 17.6 Å². The number of rotatable bonds is 4. The van der Waals surface area contributed by atoms with E-state index in [0.717, 1.165) is 12.0 Å². The van der Waals surface area contributed by atoms with Gasteiger partial charge in [-0.1, -0.05) is 24.3 Å². The second kappa shape index (κ2) is 5.25. The molecule has 0 saturated carbocycles. The normalized spacial score (nSPS) is 10.0. The SMILES string of the molecule is O=C(Cl)Cc1ccc(CCCl)cc1. The molecule has 0 N–H and O–H groups in total. The van der Waals surface area contributed by atoms with Crippen molar-refractivity contribution in [2.75, 3.05) is 5.88 Å². The highest BCUT2D eigenvalue weighted by molar-refractivity contribution is 6.63. The Kier molecular flexibility index (Phi) is 4.26. The second-order valence-electron chi connectivity index (χ2n) is 2.79. The third-order valence-electron chi connectivity index (χ3n) is 1.75. The number of hydrogen-bond donors (Lipinski definition) is 0. The van der Waals surface area contributed by atoms with Crippen molar-refractivity contribution < 1.29 is 4.79 Å². The van der Waals surface area contributed by atoms with Crippen LogP contribution in [-0.4, -0.2) is 11.1 Å². The van der Waals surface area contributed by atoms with Crippen LogP contribution >= 0.6 is 23.2 Å². The number of aryl methyl sites for hydroxylation is 1. The molecular formula is C10H10Cl2O. The summed E-state index contributed by atoms with van der Waals surface area (Å²) in [6.45, 7) is 0. The summed E-state index contributed by atoms with van der Waals surface area (Å²) in [6.07, 6.45) is 1.15. The van der Waals surface area contributed by atoms with Crippen molar-refractivity contribution in [3.63, 3.8) is 0 Å². The average molecular weight is 217 g/mol. The molecular weight excluding hydrogens is 207 g/mol. The largest absolute Gasteiger partial charge is 0.281 e. The Morgan fingerprint density at radius 2 is 1.69 bits per heavy atom. The van der Waals surface area contributed by atoms with Gasteiger partial charge in [0.2, 0.25) is 5.24 Å². The standard InChI is InChI=1S/C10H10Cl2O/c11-6-5-8-1-3-9(4-2-8)7-10(12)13/h1-4H,5-7H2. The van der Waals surface area contributed by atoms with E-state index in [1.165, 1.54) is 5.56 Å². The molecule has 13 heavy (non-hydrogen) atoms. The number of carbonyl (C=O) groups is 1. The summed E-state index contributed by atoms with van der Waals surface area (Å²) < 4.78 is 0. The molecule has 3 heteroatoms. The topological polar surface area (TPSA) is 17.1 Å². The summed E-state index contributed by atoms with van der Waals surface area (Å²) >= 11 is 10.8. The zero-order chi connectivity index (χ0) is 9.68. The average Bonchev–Trinajstić information content (AvgIpc) is 2.08. The molecule has 0 saturated heterocycles. The van der Waals surface area contributed by atoms with E-state index in [2.05, 4.69) is 0 Å². The number of carbonyl (C=O) groups excluding carboxylic acids is 1. The highest BCUT2D eigenvalue weighted by Crippen LogP contribution is 2.07. The van der Waals surface area contributed by atoms with Gasteiger partial charge in [-0.15, -0.1) is 11.6 Å². The van der Waals surface area contributed by atoms with Crippen molar-refractivity contribution in [2.45, 2.75) is 12.8 Å². The Labute approximate surface area is 87.7 Å². The third kappa shape index (κ3) is 3.79. The monoisotopic (exact) mass is 216 g/mol. The van der Waals surface area contributed by atoms with E-state index in [1.807, 2.05) is 24.3 Å². The van der Waals surface area contributed by atoms with Gasteiger partial charge in [0.25, 0.3) is 0 Å². The minimum atomic E-state index is -0.329. The number of halogens is 2. The zero-order valence-electron chi connectivity index (χ0n) is 7.09. The van der Waals surface area contributed by atoms with Crippen molar-refractivity contribution in [1.29, 1.82) is 0 Å². The molecule has 0 spiro atoms. The van der Waals surface area contributed by atoms with Gasteiger partial charge in [-0.05, 0) is 29.1 Å². The molecule has 0 atom stereocenters. The van der Waals surface area contributed by atoms with Crippen molar-refractivity contribution in [3.05, 3.63) is 35.4 Å². The van der Waals surface area contributed by atoms with Gasteiger partial charge in [-0.2, -0.15) is 0 Å². The Balaban J connectivity index is 2.64. The number of benzene rings is 1. The maximum absolute atomic E-state index is 10.6. The minimum Gasteiger partial charge on any atom is -0.281 e. The van der Waals surface area contributed by atoms with Crippen LogP contribution in [0.2, 0.25) is 0 Å². The second-order valence-corrected chi connectivity index (χ2v) is 3.59. The van der Waals surface area contributed by atoms with Gasteiger partial charge in [-0.25, -0.2) is 0 Å². The van der Waals surface area contributed by atoms with E-state index in [4.69, 9.17) is 23.2 Å². The molecule has 0 aliphatic heterocycles. The van der Waals surface area contributed by atoms with Crippen LogP contribution in [0.1, 0.15) is 11.1 Å². The summed E-state index contributed by atoms with van der Waals surface area (Å²) in [5.74, 6) is 0.619. The fourth-order valence-electron chi connectivity index (χ4n) is 1.09. The molecule has 1 rings (SSSR count). The van der Waals surface area contributed by atoms with Crippen LogP contribution in [0.15, 0.2) is 24.3 Å². The first-order chi connectivity index (χ1) is 6.22. The molecule has 0 aliphatic carbocycles. The lowest BCUT2D eigenvalue weighted by molar-refractivity contribution is -0.111. The summed E-state index contributed by atoms with van der Waals surface area (Å²) in [5.41, 5.74) is 2.12. The fourth-order valence-corrected chi connectivity index (χ4v) is 1.47. The first-order valence-corrected chi connectivity index (χ1v) is 4.95. The Morgan fingerprint density at radius 1 is 1.15 bits per heavy atom. The molecule has 70 valence electrons. The van der Waals surface area contributed by atoms with E-state index in [0.29, 0.717) is 12.3 Å². The predicted molar refractivity (Wildman–Crippen MR) is 55.4 cm³/mol. The molecule has 1 aromatic rings. The Bertz CT molecular complexity index is 279. The molecule has 0 heterocycles. The maximum Gasteiger partial charge on any atom is 0.226 e. The van der Waals surface area contributed by atoms with Gasteiger partial charge in [0, 0.05) is 12.3 Å². The zero-order valence-corrected chi connectivity index (χ0v) is 8.61. The molecule has 0 radical (unpaired) electrons. The van der Waals surface area contributed by atoms with Crippen LogP contribution in [0.5, 0.6) is 0 Å². The van der Waals surface area contributed by atoms with Crippen LogP contribution in [0, 0.1) is 0 Å².